The van der Waals surface area contributed by atoms with Crippen LogP contribution in [0.3, 0.4) is 0 Å². The first-order chi connectivity index (χ1) is 8.46. The fourth-order valence-electron chi connectivity index (χ4n) is 2.15. The molecule has 0 saturated carbocycles. The molecule has 1 aliphatic rings. The van der Waals surface area contributed by atoms with Crippen molar-refractivity contribution in [1.82, 2.24) is 4.31 Å². The number of nitrogens with zero attached hydrogens (tertiary/aromatic N) is 2. The lowest BCUT2D eigenvalue weighted by molar-refractivity contribution is 0.408. The number of benzene rings is 1. The van der Waals surface area contributed by atoms with E-state index in [1.165, 1.54) is 10.4 Å². The maximum Gasteiger partial charge on any atom is 0.243 e. The highest BCUT2D eigenvalue weighted by Gasteiger charge is 2.32. The zero-order chi connectivity index (χ0) is 13.3. The summed E-state index contributed by atoms with van der Waals surface area (Å²) in [6.07, 6.45) is 1.65. The van der Waals surface area contributed by atoms with Crippen molar-refractivity contribution in [2.45, 2.75) is 30.7 Å². The second kappa shape index (κ2) is 4.67. The van der Waals surface area contributed by atoms with Gasteiger partial charge in [0, 0.05) is 12.6 Å². The molecule has 0 spiro atoms. The van der Waals surface area contributed by atoms with E-state index in [2.05, 4.69) is 0 Å². The third kappa shape index (κ3) is 2.11. The standard InChI is InChI=1S/C12H13FN2O2S/c1-9-3-2-6-15(9)18(16,17)11-4-5-12(13)10(7-11)8-14/h4-5,7,9H,2-3,6H2,1H3. The number of nitriles is 1. The molecule has 0 radical (unpaired) electrons. The van der Waals surface area contributed by atoms with E-state index >= 15 is 0 Å². The molecule has 0 aliphatic carbocycles. The Morgan fingerprint density at radius 1 is 1.50 bits per heavy atom. The highest BCUT2D eigenvalue weighted by atomic mass is 32.2. The minimum atomic E-state index is -3.62. The van der Waals surface area contributed by atoms with Crippen LogP contribution in [0.1, 0.15) is 25.3 Å². The van der Waals surface area contributed by atoms with Gasteiger partial charge < -0.3 is 0 Å². The van der Waals surface area contributed by atoms with Crippen LogP contribution in [0.2, 0.25) is 0 Å². The molecule has 1 atom stereocenters. The lowest BCUT2D eigenvalue weighted by atomic mass is 10.2. The molecular weight excluding hydrogens is 255 g/mol. The van der Waals surface area contributed by atoms with Gasteiger partial charge in [-0.1, -0.05) is 0 Å². The summed E-state index contributed by atoms with van der Waals surface area (Å²) in [5.74, 6) is -0.703. The summed E-state index contributed by atoms with van der Waals surface area (Å²) in [6, 6.07) is 4.92. The van der Waals surface area contributed by atoms with Crippen LogP contribution in [0.5, 0.6) is 0 Å². The average Bonchev–Trinajstić information content (AvgIpc) is 2.76. The van der Waals surface area contributed by atoms with Gasteiger partial charge in [-0.2, -0.15) is 9.57 Å². The molecule has 4 nitrogen and oxygen atoms in total. The van der Waals surface area contributed by atoms with Crippen LogP contribution in [-0.2, 0) is 10.0 Å². The number of hydrogen-bond acceptors (Lipinski definition) is 3. The summed E-state index contributed by atoms with van der Waals surface area (Å²) in [5.41, 5.74) is -0.247. The zero-order valence-electron chi connectivity index (χ0n) is 9.93. The molecule has 1 fully saturated rings. The van der Waals surface area contributed by atoms with E-state index in [-0.39, 0.29) is 16.5 Å². The fourth-order valence-corrected chi connectivity index (χ4v) is 3.88. The maximum atomic E-state index is 13.2. The Kier molecular flexibility index (Phi) is 3.37. The van der Waals surface area contributed by atoms with Crippen molar-refractivity contribution < 1.29 is 12.8 Å². The van der Waals surface area contributed by atoms with Gasteiger partial charge in [-0.15, -0.1) is 0 Å². The lowest BCUT2D eigenvalue weighted by Gasteiger charge is -2.20. The molecule has 1 saturated heterocycles. The van der Waals surface area contributed by atoms with E-state index in [0.29, 0.717) is 6.54 Å². The van der Waals surface area contributed by atoms with E-state index in [0.717, 1.165) is 25.0 Å². The van der Waals surface area contributed by atoms with Gasteiger partial charge >= 0.3 is 0 Å². The molecule has 1 aliphatic heterocycles. The molecule has 0 N–H and O–H groups in total. The van der Waals surface area contributed by atoms with Crippen LogP contribution < -0.4 is 0 Å². The van der Waals surface area contributed by atoms with Gasteiger partial charge in [0.25, 0.3) is 0 Å². The third-order valence-corrected chi connectivity index (χ3v) is 5.17. The number of sulfonamides is 1. The van der Waals surface area contributed by atoms with Crippen molar-refractivity contribution in [2.75, 3.05) is 6.54 Å². The predicted octanol–water partition coefficient (Wildman–Crippen LogP) is 1.87. The highest BCUT2D eigenvalue weighted by molar-refractivity contribution is 7.89. The Hall–Kier alpha value is -1.45. The smallest absolute Gasteiger partial charge is 0.207 e. The van der Waals surface area contributed by atoms with Crippen LogP contribution in [0.25, 0.3) is 0 Å². The van der Waals surface area contributed by atoms with Gasteiger partial charge in [0.2, 0.25) is 10.0 Å². The Bertz CT molecular complexity index is 607. The minimum Gasteiger partial charge on any atom is -0.207 e. The van der Waals surface area contributed by atoms with Gasteiger partial charge in [0.05, 0.1) is 10.5 Å². The monoisotopic (exact) mass is 268 g/mol. The fraction of sp³-hybridized carbons (Fsp3) is 0.417. The SMILES string of the molecule is CC1CCCN1S(=O)(=O)c1ccc(F)c(C#N)c1. The molecule has 0 bridgehead atoms. The van der Waals surface area contributed by atoms with Crippen LogP contribution >= 0.6 is 0 Å². The molecule has 1 unspecified atom stereocenters. The Balaban J connectivity index is 2.45. The Labute approximate surface area is 106 Å². The molecule has 0 aromatic heterocycles. The highest BCUT2D eigenvalue weighted by Crippen LogP contribution is 2.26. The molecule has 0 amide bonds. The second-order valence-corrected chi connectivity index (χ2v) is 6.25. The molecule has 1 heterocycles. The van der Waals surface area contributed by atoms with Crippen LogP contribution in [0, 0.1) is 17.1 Å². The van der Waals surface area contributed by atoms with Crippen molar-refractivity contribution in [3.8, 4) is 6.07 Å². The van der Waals surface area contributed by atoms with Gasteiger partial charge in [0.1, 0.15) is 11.9 Å². The summed E-state index contributed by atoms with van der Waals surface area (Å²) < 4.78 is 39.2. The van der Waals surface area contributed by atoms with Crippen LogP contribution in [0.15, 0.2) is 23.1 Å². The Morgan fingerprint density at radius 2 is 2.22 bits per heavy atom. The first-order valence-electron chi connectivity index (χ1n) is 5.68. The normalized spacial score (nSPS) is 20.8. The number of halogens is 1. The van der Waals surface area contributed by atoms with Gasteiger partial charge in [-0.3, -0.25) is 0 Å². The van der Waals surface area contributed by atoms with Gasteiger partial charge in [-0.25, -0.2) is 12.8 Å². The third-order valence-electron chi connectivity index (χ3n) is 3.16. The number of rotatable bonds is 2. The average molecular weight is 268 g/mol. The molecule has 1 aromatic rings. The van der Waals surface area contributed by atoms with E-state index in [9.17, 15) is 12.8 Å². The second-order valence-electron chi connectivity index (χ2n) is 4.36. The molecular formula is C12H13FN2O2S. The maximum absolute atomic E-state index is 13.2. The summed E-state index contributed by atoms with van der Waals surface area (Å²) >= 11 is 0. The molecule has 96 valence electrons. The van der Waals surface area contributed by atoms with Crippen molar-refractivity contribution >= 4 is 10.0 Å². The van der Waals surface area contributed by atoms with Crippen molar-refractivity contribution in [3.63, 3.8) is 0 Å². The zero-order valence-corrected chi connectivity index (χ0v) is 10.7. The summed E-state index contributed by atoms with van der Waals surface area (Å²) in [6.45, 7) is 2.32. The van der Waals surface area contributed by atoms with E-state index in [4.69, 9.17) is 5.26 Å². The van der Waals surface area contributed by atoms with E-state index in [1.54, 1.807) is 6.07 Å². The van der Waals surface area contributed by atoms with Crippen LogP contribution in [-0.4, -0.2) is 25.3 Å². The Morgan fingerprint density at radius 3 is 2.78 bits per heavy atom. The first kappa shape index (κ1) is 13.0. The summed E-state index contributed by atoms with van der Waals surface area (Å²) in [7, 11) is -3.62. The summed E-state index contributed by atoms with van der Waals surface area (Å²) in [5, 5.41) is 8.73. The topological polar surface area (TPSA) is 61.2 Å². The lowest BCUT2D eigenvalue weighted by Crippen LogP contribution is -2.33. The first-order valence-corrected chi connectivity index (χ1v) is 7.12. The quantitative estimate of drug-likeness (QED) is 0.822. The van der Waals surface area contributed by atoms with Gasteiger partial charge in [-0.05, 0) is 38.0 Å². The predicted molar refractivity (Wildman–Crippen MR) is 63.7 cm³/mol. The number of hydrogen-bond donors (Lipinski definition) is 0. The largest absolute Gasteiger partial charge is 0.243 e. The molecule has 6 heteroatoms. The summed E-state index contributed by atoms with van der Waals surface area (Å²) in [4.78, 5) is -0.0193. The van der Waals surface area contributed by atoms with E-state index in [1.807, 2.05) is 6.92 Å². The van der Waals surface area contributed by atoms with Gasteiger partial charge in [0.15, 0.2) is 0 Å². The molecule has 1 aromatic carbocycles. The molecule has 2 rings (SSSR count). The van der Waals surface area contributed by atoms with Crippen molar-refractivity contribution in [2.24, 2.45) is 0 Å². The van der Waals surface area contributed by atoms with E-state index < -0.39 is 15.8 Å². The minimum absolute atomic E-state index is 0.0193. The van der Waals surface area contributed by atoms with Crippen LogP contribution in [0.4, 0.5) is 4.39 Å². The van der Waals surface area contributed by atoms with Crippen molar-refractivity contribution in [1.29, 1.82) is 5.26 Å². The van der Waals surface area contributed by atoms with Crippen molar-refractivity contribution in [3.05, 3.63) is 29.6 Å². The molecule has 18 heavy (non-hydrogen) atoms.